The van der Waals surface area contributed by atoms with Crippen molar-refractivity contribution in [3.63, 3.8) is 0 Å². The third-order valence-corrected chi connectivity index (χ3v) is 9.45. The Morgan fingerprint density at radius 3 is 1.53 bits per heavy atom. The molecule has 2 nitrogen and oxygen atoms in total. The van der Waals surface area contributed by atoms with Crippen molar-refractivity contribution in [1.29, 1.82) is 0 Å². The lowest BCUT2D eigenvalue weighted by Gasteiger charge is -2.43. The lowest BCUT2D eigenvalue weighted by Crippen LogP contribution is -2.48. The highest BCUT2D eigenvalue weighted by molar-refractivity contribution is 7.73. The van der Waals surface area contributed by atoms with Gasteiger partial charge in [0.1, 0.15) is 0 Å². The summed E-state index contributed by atoms with van der Waals surface area (Å²) in [5, 5.41) is 2.43. The number of hydrogen-bond acceptors (Lipinski definition) is 2. The first kappa shape index (κ1) is 24.5. The Kier molecular flexibility index (Phi) is 7.41. The van der Waals surface area contributed by atoms with Crippen LogP contribution in [0.3, 0.4) is 0 Å². The molecule has 1 saturated heterocycles. The molecule has 1 atom stereocenters. The minimum absolute atomic E-state index is 0.0370. The van der Waals surface area contributed by atoms with Gasteiger partial charge in [-0.15, -0.1) is 0 Å². The molecule has 184 valence electrons. The SMILES string of the molecule is FC(F)(F)c1ccc(C(N2CCN(c3ccccc3)CC2)P(c2ccccc2)c2ccccc2)cc1. The largest absolute Gasteiger partial charge is 0.416 e. The molecule has 4 aromatic carbocycles. The third-order valence-electron chi connectivity index (χ3n) is 6.63. The van der Waals surface area contributed by atoms with Crippen molar-refractivity contribution in [3.8, 4) is 0 Å². The van der Waals surface area contributed by atoms with Gasteiger partial charge in [0.15, 0.2) is 0 Å². The molecule has 1 aliphatic rings. The Hall–Kier alpha value is -3.14. The molecule has 36 heavy (non-hydrogen) atoms. The predicted molar refractivity (Wildman–Crippen MR) is 143 cm³/mol. The first-order valence-electron chi connectivity index (χ1n) is 12.1. The van der Waals surface area contributed by atoms with E-state index in [1.807, 2.05) is 42.5 Å². The van der Waals surface area contributed by atoms with Crippen molar-refractivity contribution in [2.45, 2.75) is 12.0 Å². The lowest BCUT2D eigenvalue weighted by molar-refractivity contribution is -0.137. The average Bonchev–Trinajstić information content (AvgIpc) is 2.93. The summed E-state index contributed by atoms with van der Waals surface area (Å²) >= 11 is 0. The lowest BCUT2D eigenvalue weighted by atomic mass is 10.1. The number of halogens is 3. The van der Waals surface area contributed by atoms with Crippen molar-refractivity contribution in [3.05, 3.63) is 126 Å². The van der Waals surface area contributed by atoms with Gasteiger partial charge in [0.2, 0.25) is 0 Å². The molecule has 1 fully saturated rings. The van der Waals surface area contributed by atoms with Gasteiger partial charge in [0.25, 0.3) is 0 Å². The maximum absolute atomic E-state index is 13.4. The topological polar surface area (TPSA) is 6.48 Å². The van der Waals surface area contributed by atoms with E-state index in [0.29, 0.717) is 0 Å². The number of hydrogen-bond donors (Lipinski definition) is 0. The van der Waals surface area contributed by atoms with Crippen LogP contribution in [0.1, 0.15) is 16.9 Å². The first-order chi connectivity index (χ1) is 17.5. The van der Waals surface area contributed by atoms with E-state index in [4.69, 9.17) is 0 Å². The molecule has 0 aromatic heterocycles. The monoisotopic (exact) mass is 504 g/mol. The Morgan fingerprint density at radius 2 is 1.06 bits per heavy atom. The van der Waals surface area contributed by atoms with Crippen LogP contribution in [0.2, 0.25) is 0 Å². The second-order valence-electron chi connectivity index (χ2n) is 8.89. The van der Waals surface area contributed by atoms with E-state index in [9.17, 15) is 13.2 Å². The van der Waals surface area contributed by atoms with Gasteiger partial charge in [0.05, 0.1) is 11.3 Å². The van der Waals surface area contributed by atoms with Crippen molar-refractivity contribution >= 4 is 24.2 Å². The van der Waals surface area contributed by atoms with Crippen LogP contribution in [-0.4, -0.2) is 31.1 Å². The second-order valence-corrected chi connectivity index (χ2v) is 11.2. The molecular formula is C30H28F3N2P. The van der Waals surface area contributed by atoms with Crippen LogP contribution in [0.15, 0.2) is 115 Å². The number of alkyl halides is 3. The Morgan fingerprint density at radius 1 is 0.583 bits per heavy atom. The number of rotatable bonds is 6. The van der Waals surface area contributed by atoms with Gasteiger partial charge in [-0.1, -0.05) is 91.0 Å². The summed E-state index contributed by atoms with van der Waals surface area (Å²) in [4.78, 5) is 4.85. The minimum Gasteiger partial charge on any atom is -0.369 e. The van der Waals surface area contributed by atoms with Gasteiger partial charge in [-0.05, 0) is 48.4 Å². The fourth-order valence-corrected chi connectivity index (χ4v) is 7.72. The van der Waals surface area contributed by atoms with Gasteiger partial charge < -0.3 is 4.90 Å². The maximum Gasteiger partial charge on any atom is 0.416 e. The molecule has 0 bridgehead atoms. The summed E-state index contributed by atoms with van der Waals surface area (Å²) in [7, 11) is -0.894. The molecule has 0 spiro atoms. The van der Waals surface area contributed by atoms with E-state index in [1.165, 1.54) is 28.4 Å². The van der Waals surface area contributed by atoms with E-state index in [0.717, 1.165) is 31.7 Å². The number of nitrogens with zero attached hydrogens (tertiary/aromatic N) is 2. The smallest absolute Gasteiger partial charge is 0.369 e. The Labute approximate surface area is 211 Å². The van der Waals surface area contributed by atoms with Gasteiger partial charge in [-0.3, -0.25) is 4.90 Å². The molecule has 0 amide bonds. The molecular weight excluding hydrogens is 476 g/mol. The normalized spacial score (nSPS) is 15.7. The third kappa shape index (κ3) is 5.48. The summed E-state index contributed by atoms with van der Waals surface area (Å²) in [6.45, 7) is 3.40. The fourth-order valence-electron chi connectivity index (χ4n) is 4.84. The summed E-state index contributed by atoms with van der Waals surface area (Å²) in [6, 6.07) is 37.0. The van der Waals surface area contributed by atoms with Crippen molar-refractivity contribution < 1.29 is 13.2 Å². The zero-order chi connectivity index (χ0) is 25.0. The first-order valence-corrected chi connectivity index (χ1v) is 13.5. The van der Waals surface area contributed by atoms with E-state index in [1.54, 1.807) is 12.1 Å². The molecule has 0 N–H and O–H groups in total. The fraction of sp³-hybridized carbons (Fsp3) is 0.200. The van der Waals surface area contributed by atoms with Crippen LogP contribution in [0, 0.1) is 0 Å². The molecule has 1 unspecified atom stereocenters. The van der Waals surface area contributed by atoms with Gasteiger partial charge in [0, 0.05) is 31.9 Å². The van der Waals surface area contributed by atoms with Crippen molar-refractivity contribution in [1.82, 2.24) is 4.90 Å². The highest BCUT2D eigenvalue weighted by Gasteiger charge is 2.35. The summed E-state index contributed by atoms with van der Waals surface area (Å²) in [6.07, 6.45) is -4.35. The molecule has 0 saturated carbocycles. The predicted octanol–water partition coefficient (Wildman–Crippen LogP) is 6.66. The van der Waals surface area contributed by atoms with Crippen LogP contribution in [-0.2, 0) is 6.18 Å². The molecule has 4 aromatic rings. The number of piperazine rings is 1. The van der Waals surface area contributed by atoms with E-state index < -0.39 is 19.7 Å². The summed E-state index contributed by atoms with van der Waals surface area (Å²) < 4.78 is 40.1. The standard InChI is InChI=1S/C30H28F3N2P/c31-30(32,33)25-18-16-24(17-19-25)29(35-22-20-34(21-23-35)26-10-4-1-5-11-26)36(27-12-6-2-7-13-27)28-14-8-3-9-15-28/h1-19,29H,20-23H2. The summed E-state index contributed by atoms with van der Waals surface area (Å²) in [5.41, 5.74) is 1.52. The van der Waals surface area contributed by atoms with Crippen molar-refractivity contribution in [2.24, 2.45) is 0 Å². The molecule has 6 heteroatoms. The Balaban J connectivity index is 1.53. The van der Waals surface area contributed by atoms with E-state index >= 15 is 0 Å². The summed E-state index contributed by atoms with van der Waals surface area (Å²) in [5.74, 6) is -0.0370. The number of anilines is 1. The Bertz CT molecular complexity index is 1180. The van der Waals surface area contributed by atoms with Gasteiger partial charge in [-0.2, -0.15) is 13.2 Å². The molecule has 1 aliphatic heterocycles. The maximum atomic E-state index is 13.4. The second kappa shape index (κ2) is 10.9. The molecule has 1 heterocycles. The van der Waals surface area contributed by atoms with E-state index in [2.05, 4.69) is 58.3 Å². The zero-order valence-corrected chi connectivity index (χ0v) is 20.7. The zero-order valence-electron chi connectivity index (χ0n) is 19.9. The molecule has 0 aliphatic carbocycles. The molecule has 0 radical (unpaired) electrons. The number of benzene rings is 4. The highest BCUT2D eigenvalue weighted by Crippen LogP contribution is 2.52. The van der Waals surface area contributed by atoms with E-state index in [-0.39, 0.29) is 5.78 Å². The molecule has 5 rings (SSSR count). The van der Waals surface area contributed by atoms with Crippen LogP contribution in [0.4, 0.5) is 18.9 Å². The van der Waals surface area contributed by atoms with Crippen LogP contribution in [0.5, 0.6) is 0 Å². The number of para-hydroxylation sites is 1. The highest BCUT2D eigenvalue weighted by atomic mass is 31.1. The van der Waals surface area contributed by atoms with Gasteiger partial charge in [-0.25, -0.2) is 0 Å². The van der Waals surface area contributed by atoms with Crippen LogP contribution >= 0.6 is 7.92 Å². The van der Waals surface area contributed by atoms with Gasteiger partial charge >= 0.3 is 6.18 Å². The quantitative estimate of drug-likeness (QED) is 0.271. The minimum atomic E-state index is -4.35. The van der Waals surface area contributed by atoms with Crippen LogP contribution < -0.4 is 15.5 Å². The van der Waals surface area contributed by atoms with Crippen LogP contribution in [0.25, 0.3) is 0 Å². The average molecular weight is 505 g/mol. The van der Waals surface area contributed by atoms with Crippen molar-refractivity contribution in [2.75, 3.05) is 31.1 Å².